The van der Waals surface area contributed by atoms with Crippen molar-refractivity contribution in [1.29, 1.82) is 5.26 Å². The minimum atomic E-state index is -3.19. The van der Waals surface area contributed by atoms with Crippen molar-refractivity contribution in [3.05, 3.63) is 29.3 Å². The third kappa shape index (κ3) is 4.35. The number of benzene rings is 1. The normalized spacial score (nSPS) is 10.9. The second kappa shape index (κ2) is 6.38. The summed E-state index contributed by atoms with van der Waals surface area (Å²) in [5.74, 6) is 0.0277. The summed E-state index contributed by atoms with van der Waals surface area (Å²) in [7, 11) is -3.19. The lowest BCUT2D eigenvalue weighted by Gasteiger charge is -2.08. The Morgan fingerprint density at radius 1 is 1.39 bits per heavy atom. The Morgan fingerprint density at radius 2 is 2.11 bits per heavy atom. The first-order valence-corrected chi connectivity index (χ1v) is 7.35. The summed E-state index contributed by atoms with van der Waals surface area (Å²) in [4.78, 5) is 0. The molecule has 98 valence electrons. The van der Waals surface area contributed by atoms with E-state index in [0.29, 0.717) is 18.7 Å². The zero-order valence-corrected chi connectivity index (χ0v) is 11.3. The predicted molar refractivity (Wildman–Crippen MR) is 71.8 cm³/mol. The van der Waals surface area contributed by atoms with Crippen molar-refractivity contribution in [2.24, 2.45) is 0 Å². The second-order valence-corrected chi connectivity index (χ2v) is 5.81. The molecular weight excluding hydrogens is 250 g/mol. The Labute approximate surface area is 108 Å². The average Bonchev–Trinajstić information content (AvgIpc) is 2.29. The van der Waals surface area contributed by atoms with Crippen LogP contribution in [0.2, 0.25) is 0 Å². The molecule has 0 saturated carbocycles. The van der Waals surface area contributed by atoms with Gasteiger partial charge in [-0.1, -0.05) is 6.92 Å². The maximum Gasteiger partial charge on any atom is 0.213 e. The highest BCUT2D eigenvalue weighted by Gasteiger charge is 2.07. The van der Waals surface area contributed by atoms with Gasteiger partial charge in [0, 0.05) is 18.8 Å². The van der Waals surface area contributed by atoms with Crippen LogP contribution in [0.4, 0.5) is 5.69 Å². The van der Waals surface area contributed by atoms with Gasteiger partial charge in [-0.25, -0.2) is 13.1 Å². The van der Waals surface area contributed by atoms with E-state index in [1.807, 2.05) is 13.0 Å². The van der Waals surface area contributed by atoms with Gasteiger partial charge in [-0.05, 0) is 30.7 Å². The standard InChI is InChI=1S/C12H17N3O2S/c1-3-15-18(16,17)7-6-14-12-5-4-11(9-13)10(2)8-12/h4-5,8,14-15H,3,6-7H2,1-2H3. The van der Waals surface area contributed by atoms with Crippen LogP contribution in [-0.4, -0.2) is 27.3 Å². The van der Waals surface area contributed by atoms with Gasteiger partial charge in [-0.15, -0.1) is 0 Å². The highest BCUT2D eigenvalue weighted by molar-refractivity contribution is 7.89. The van der Waals surface area contributed by atoms with Crippen molar-refractivity contribution in [2.75, 3.05) is 24.2 Å². The van der Waals surface area contributed by atoms with E-state index in [9.17, 15) is 8.42 Å². The van der Waals surface area contributed by atoms with Gasteiger partial charge in [-0.2, -0.15) is 5.26 Å². The molecule has 1 aromatic rings. The molecule has 0 bridgehead atoms. The van der Waals surface area contributed by atoms with Crippen LogP contribution < -0.4 is 10.0 Å². The van der Waals surface area contributed by atoms with E-state index in [1.54, 1.807) is 19.1 Å². The monoisotopic (exact) mass is 267 g/mol. The summed E-state index contributed by atoms with van der Waals surface area (Å²) in [5.41, 5.74) is 2.32. The highest BCUT2D eigenvalue weighted by atomic mass is 32.2. The maximum absolute atomic E-state index is 11.4. The smallest absolute Gasteiger partial charge is 0.213 e. The Hall–Kier alpha value is -1.58. The van der Waals surface area contributed by atoms with Crippen LogP contribution in [0.15, 0.2) is 18.2 Å². The van der Waals surface area contributed by atoms with Crippen molar-refractivity contribution in [3.8, 4) is 6.07 Å². The molecule has 1 aromatic carbocycles. The second-order valence-electron chi connectivity index (χ2n) is 3.89. The van der Waals surface area contributed by atoms with Crippen molar-refractivity contribution in [2.45, 2.75) is 13.8 Å². The Morgan fingerprint density at radius 3 is 2.67 bits per heavy atom. The molecule has 0 heterocycles. The predicted octanol–water partition coefficient (Wildman–Crippen LogP) is 1.22. The number of nitriles is 1. The van der Waals surface area contributed by atoms with Crippen LogP contribution in [-0.2, 0) is 10.0 Å². The lowest BCUT2D eigenvalue weighted by molar-refractivity contribution is 0.584. The molecule has 5 nitrogen and oxygen atoms in total. The summed E-state index contributed by atoms with van der Waals surface area (Å²) < 4.78 is 25.2. The first-order valence-electron chi connectivity index (χ1n) is 5.70. The first-order chi connectivity index (χ1) is 8.48. The highest BCUT2D eigenvalue weighted by Crippen LogP contribution is 2.13. The minimum absolute atomic E-state index is 0.0277. The fourth-order valence-electron chi connectivity index (χ4n) is 1.52. The lowest BCUT2D eigenvalue weighted by Crippen LogP contribution is -2.29. The van der Waals surface area contributed by atoms with Gasteiger partial charge in [0.2, 0.25) is 10.0 Å². The topological polar surface area (TPSA) is 82.0 Å². The Bertz CT molecular complexity index is 547. The largest absolute Gasteiger partial charge is 0.384 e. The van der Waals surface area contributed by atoms with E-state index >= 15 is 0 Å². The van der Waals surface area contributed by atoms with Crippen molar-refractivity contribution in [1.82, 2.24) is 4.72 Å². The lowest BCUT2D eigenvalue weighted by atomic mass is 10.1. The molecule has 0 saturated heterocycles. The summed E-state index contributed by atoms with van der Waals surface area (Å²) in [6.45, 7) is 4.33. The van der Waals surface area contributed by atoms with Gasteiger partial charge >= 0.3 is 0 Å². The number of nitrogens with zero attached hydrogens (tertiary/aromatic N) is 1. The fraction of sp³-hybridized carbons (Fsp3) is 0.417. The number of aryl methyl sites for hydroxylation is 1. The van der Waals surface area contributed by atoms with E-state index < -0.39 is 10.0 Å². The number of anilines is 1. The van der Waals surface area contributed by atoms with E-state index in [0.717, 1.165) is 11.3 Å². The number of hydrogen-bond acceptors (Lipinski definition) is 4. The third-order valence-corrected chi connectivity index (χ3v) is 3.88. The molecule has 0 atom stereocenters. The number of rotatable bonds is 6. The summed E-state index contributed by atoms with van der Waals surface area (Å²) in [5, 5.41) is 11.8. The van der Waals surface area contributed by atoms with Gasteiger partial charge in [-0.3, -0.25) is 0 Å². The maximum atomic E-state index is 11.4. The zero-order chi connectivity index (χ0) is 13.6. The fourth-order valence-corrected chi connectivity index (χ4v) is 2.48. The van der Waals surface area contributed by atoms with Crippen molar-refractivity contribution in [3.63, 3.8) is 0 Å². The van der Waals surface area contributed by atoms with Gasteiger partial charge in [0.05, 0.1) is 17.4 Å². The van der Waals surface area contributed by atoms with Crippen LogP contribution in [0.3, 0.4) is 0 Å². The first kappa shape index (κ1) is 14.5. The van der Waals surface area contributed by atoms with E-state index in [2.05, 4.69) is 16.1 Å². The molecule has 2 N–H and O–H groups in total. The molecule has 0 amide bonds. The number of hydrogen-bond donors (Lipinski definition) is 2. The molecular formula is C12H17N3O2S. The summed E-state index contributed by atoms with van der Waals surface area (Å²) >= 11 is 0. The Balaban J connectivity index is 2.55. The summed E-state index contributed by atoms with van der Waals surface area (Å²) in [6.07, 6.45) is 0. The van der Waals surface area contributed by atoms with Crippen LogP contribution in [0, 0.1) is 18.3 Å². The molecule has 0 aliphatic carbocycles. The zero-order valence-electron chi connectivity index (χ0n) is 10.5. The Kier molecular flexibility index (Phi) is 5.13. The van der Waals surface area contributed by atoms with Gasteiger partial charge in [0.1, 0.15) is 0 Å². The SMILES string of the molecule is CCNS(=O)(=O)CCNc1ccc(C#N)c(C)c1. The van der Waals surface area contributed by atoms with Gasteiger partial charge < -0.3 is 5.32 Å². The quantitative estimate of drug-likeness (QED) is 0.812. The summed E-state index contributed by atoms with van der Waals surface area (Å²) in [6, 6.07) is 7.41. The molecule has 0 aliphatic rings. The molecule has 0 spiro atoms. The molecule has 18 heavy (non-hydrogen) atoms. The van der Waals surface area contributed by atoms with Gasteiger partial charge in [0.15, 0.2) is 0 Å². The molecule has 0 unspecified atom stereocenters. The van der Waals surface area contributed by atoms with Crippen molar-refractivity contribution < 1.29 is 8.42 Å². The van der Waals surface area contributed by atoms with E-state index in [-0.39, 0.29) is 5.75 Å². The van der Waals surface area contributed by atoms with Crippen LogP contribution >= 0.6 is 0 Å². The molecule has 0 radical (unpaired) electrons. The molecule has 0 aromatic heterocycles. The van der Waals surface area contributed by atoms with E-state index in [1.165, 1.54) is 0 Å². The average molecular weight is 267 g/mol. The number of sulfonamides is 1. The number of nitrogens with one attached hydrogen (secondary N) is 2. The molecule has 0 aliphatic heterocycles. The molecule has 0 fully saturated rings. The molecule has 6 heteroatoms. The van der Waals surface area contributed by atoms with Gasteiger partial charge in [0.25, 0.3) is 0 Å². The molecule has 1 rings (SSSR count). The van der Waals surface area contributed by atoms with Crippen LogP contribution in [0.25, 0.3) is 0 Å². The third-order valence-electron chi connectivity index (χ3n) is 2.41. The minimum Gasteiger partial charge on any atom is -0.384 e. The van der Waals surface area contributed by atoms with E-state index in [4.69, 9.17) is 5.26 Å². The van der Waals surface area contributed by atoms with Crippen LogP contribution in [0.5, 0.6) is 0 Å². The van der Waals surface area contributed by atoms with Crippen molar-refractivity contribution >= 4 is 15.7 Å². The van der Waals surface area contributed by atoms with Crippen LogP contribution in [0.1, 0.15) is 18.1 Å².